The normalized spacial score (nSPS) is 11.5. The van der Waals surface area contributed by atoms with Crippen LogP contribution in [0.1, 0.15) is 23.7 Å². The summed E-state index contributed by atoms with van der Waals surface area (Å²) in [5, 5.41) is 10.4. The summed E-state index contributed by atoms with van der Waals surface area (Å²) in [6, 6.07) is 17.6. The molecule has 0 fully saturated rings. The zero-order valence-electron chi connectivity index (χ0n) is 12.3. The molecule has 1 atom stereocenters. The molecule has 21 heavy (non-hydrogen) atoms. The lowest BCUT2D eigenvalue weighted by Gasteiger charge is -2.14. The molecule has 0 radical (unpaired) electrons. The van der Waals surface area contributed by atoms with Crippen molar-refractivity contribution in [3.8, 4) is 5.75 Å². The van der Waals surface area contributed by atoms with E-state index in [4.69, 9.17) is 4.74 Å². The van der Waals surface area contributed by atoms with E-state index < -0.39 is 6.10 Å². The quantitative estimate of drug-likeness (QED) is 0.808. The van der Waals surface area contributed by atoms with Crippen molar-refractivity contribution >= 4 is 0 Å². The fraction of sp³-hybridized carbons (Fsp3) is 0.211. The molecule has 0 heterocycles. The zero-order valence-corrected chi connectivity index (χ0v) is 12.3. The Morgan fingerprint density at radius 2 is 1.81 bits per heavy atom. The van der Waals surface area contributed by atoms with E-state index in [9.17, 15) is 5.11 Å². The van der Waals surface area contributed by atoms with Crippen LogP contribution in [0.4, 0.5) is 0 Å². The molecule has 0 aliphatic carbocycles. The van der Waals surface area contributed by atoms with Crippen LogP contribution in [-0.4, -0.2) is 12.2 Å². The van der Waals surface area contributed by atoms with Gasteiger partial charge in [0.05, 0.1) is 7.11 Å². The van der Waals surface area contributed by atoms with Crippen molar-refractivity contribution in [2.24, 2.45) is 0 Å². The Bertz CT molecular complexity index is 608. The number of hydrogen-bond acceptors (Lipinski definition) is 2. The maximum atomic E-state index is 10.4. The summed E-state index contributed by atoms with van der Waals surface area (Å²) in [4.78, 5) is 0. The lowest BCUT2D eigenvalue weighted by atomic mass is 9.96. The van der Waals surface area contributed by atoms with Crippen molar-refractivity contribution in [2.45, 2.75) is 18.9 Å². The smallest absolute Gasteiger partial charge is 0.118 e. The summed E-state index contributed by atoms with van der Waals surface area (Å²) < 4.78 is 5.12. The second-order valence-corrected chi connectivity index (χ2v) is 4.86. The molecule has 0 amide bonds. The summed E-state index contributed by atoms with van der Waals surface area (Å²) >= 11 is 0. The highest BCUT2D eigenvalue weighted by atomic mass is 16.5. The van der Waals surface area contributed by atoms with Crippen LogP contribution in [0.25, 0.3) is 0 Å². The number of hydrogen-bond donors (Lipinski definition) is 1. The second-order valence-electron chi connectivity index (χ2n) is 4.86. The predicted molar refractivity (Wildman–Crippen MR) is 85.4 cm³/mol. The van der Waals surface area contributed by atoms with Crippen molar-refractivity contribution in [3.05, 3.63) is 83.6 Å². The van der Waals surface area contributed by atoms with Crippen LogP contribution in [-0.2, 0) is 6.42 Å². The third kappa shape index (κ3) is 4.09. The molecular formula is C19H20O2. The average molecular weight is 280 g/mol. The van der Waals surface area contributed by atoms with Gasteiger partial charge in [0.15, 0.2) is 0 Å². The van der Waals surface area contributed by atoms with Crippen LogP contribution in [0.2, 0.25) is 0 Å². The van der Waals surface area contributed by atoms with Crippen molar-refractivity contribution < 1.29 is 9.84 Å². The monoisotopic (exact) mass is 280 g/mol. The third-order valence-corrected chi connectivity index (χ3v) is 3.51. The zero-order chi connectivity index (χ0) is 15.1. The van der Waals surface area contributed by atoms with Gasteiger partial charge in [-0.05, 0) is 36.1 Å². The summed E-state index contributed by atoms with van der Waals surface area (Å²) in [5.41, 5.74) is 5.77. The van der Waals surface area contributed by atoms with Crippen LogP contribution < -0.4 is 4.74 Å². The molecule has 0 bridgehead atoms. The van der Waals surface area contributed by atoms with Gasteiger partial charge >= 0.3 is 0 Å². The minimum absolute atomic E-state index is 0.669. The predicted octanol–water partition coefficient (Wildman–Crippen LogP) is 4.07. The lowest BCUT2D eigenvalue weighted by Crippen LogP contribution is -2.02. The topological polar surface area (TPSA) is 29.5 Å². The fourth-order valence-corrected chi connectivity index (χ4v) is 2.23. The van der Waals surface area contributed by atoms with Crippen molar-refractivity contribution in [3.63, 3.8) is 0 Å². The molecule has 0 saturated heterocycles. The Hall–Kier alpha value is -2.28. The van der Waals surface area contributed by atoms with Gasteiger partial charge in [0.25, 0.3) is 0 Å². The number of aliphatic hydroxyl groups is 1. The van der Waals surface area contributed by atoms with Crippen molar-refractivity contribution in [2.75, 3.05) is 7.11 Å². The van der Waals surface area contributed by atoms with E-state index >= 15 is 0 Å². The number of rotatable bonds is 6. The van der Waals surface area contributed by atoms with Crippen LogP contribution >= 0.6 is 0 Å². The molecule has 108 valence electrons. The average Bonchev–Trinajstić information content (AvgIpc) is 2.56. The van der Waals surface area contributed by atoms with Crippen LogP contribution in [0.3, 0.4) is 0 Å². The van der Waals surface area contributed by atoms with Gasteiger partial charge in [-0.3, -0.25) is 0 Å². The first-order valence-electron chi connectivity index (χ1n) is 6.99. The molecule has 1 unspecified atom stereocenters. The van der Waals surface area contributed by atoms with Crippen LogP contribution in [0.15, 0.2) is 72.5 Å². The highest BCUT2D eigenvalue weighted by Crippen LogP contribution is 2.26. The highest BCUT2D eigenvalue weighted by molar-refractivity contribution is 5.32. The van der Waals surface area contributed by atoms with Gasteiger partial charge < -0.3 is 9.84 Å². The Morgan fingerprint density at radius 3 is 2.38 bits per heavy atom. The standard InChI is InChI=1S/C19H20O2/c1-3-16(10-9-15-7-5-4-6-8-15)19(20)17-11-13-18(21-2)14-12-17/h4-8,11-14,19-20H,1,9-10H2,2H3. The maximum absolute atomic E-state index is 10.4. The van der Waals surface area contributed by atoms with Gasteiger partial charge in [0.2, 0.25) is 0 Å². The molecule has 2 aromatic carbocycles. The molecule has 0 aromatic heterocycles. The van der Waals surface area contributed by atoms with Gasteiger partial charge in [0.1, 0.15) is 11.9 Å². The van der Waals surface area contributed by atoms with E-state index in [1.165, 1.54) is 5.56 Å². The van der Waals surface area contributed by atoms with E-state index in [1.54, 1.807) is 7.11 Å². The van der Waals surface area contributed by atoms with Gasteiger partial charge in [-0.1, -0.05) is 49.0 Å². The molecular weight excluding hydrogens is 260 g/mol. The summed E-state index contributed by atoms with van der Waals surface area (Å²) in [6.07, 6.45) is 0.934. The molecule has 2 nitrogen and oxygen atoms in total. The molecule has 0 saturated carbocycles. The lowest BCUT2D eigenvalue weighted by molar-refractivity contribution is 0.211. The molecule has 2 rings (SSSR count). The molecule has 1 N–H and O–H groups in total. The van der Waals surface area contributed by atoms with E-state index in [1.807, 2.05) is 42.5 Å². The van der Waals surface area contributed by atoms with E-state index in [0.29, 0.717) is 0 Å². The van der Waals surface area contributed by atoms with E-state index in [2.05, 4.69) is 24.4 Å². The van der Waals surface area contributed by atoms with Crippen LogP contribution in [0.5, 0.6) is 5.75 Å². The van der Waals surface area contributed by atoms with Crippen molar-refractivity contribution in [1.82, 2.24) is 0 Å². The van der Waals surface area contributed by atoms with Gasteiger partial charge in [-0.25, -0.2) is 0 Å². The maximum Gasteiger partial charge on any atom is 0.118 e. The number of methoxy groups -OCH3 is 1. The number of aliphatic hydroxyl groups excluding tert-OH is 1. The largest absolute Gasteiger partial charge is 0.497 e. The van der Waals surface area contributed by atoms with Gasteiger partial charge in [-0.15, -0.1) is 5.73 Å². The Balaban J connectivity index is 2.04. The van der Waals surface area contributed by atoms with Gasteiger partial charge in [-0.2, -0.15) is 0 Å². The first-order chi connectivity index (χ1) is 10.2. The minimum atomic E-state index is -0.669. The molecule has 0 aliphatic rings. The van der Waals surface area contributed by atoms with Crippen LogP contribution in [0, 0.1) is 0 Å². The molecule has 0 aliphatic heterocycles. The SMILES string of the molecule is C=C=C(CCc1ccccc1)C(O)c1ccc(OC)cc1. The first-order valence-corrected chi connectivity index (χ1v) is 6.99. The van der Waals surface area contributed by atoms with E-state index in [-0.39, 0.29) is 0 Å². The second kappa shape index (κ2) is 7.49. The fourth-order valence-electron chi connectivity index (χ4n) is 2.23. The molecule has 0 spiro atoms. The summed E-state index contributed by atoms with van der Waals surface area (Å²) in [6.45, 7) is 3.71. The summed E-state index contributed by atoms with van der Waals surface area (Å²) in [5.74, 6) is 0.777. The highest BCUT2D eigenvalue weighted by Gasteiger charge is 2.13. The van der Waals surface area contributed by atoms with E-state index in [0.717, 1.165) is 29.7 Å². The Labute approximate surface area is 126 Å². The van der Waals surface area contributed by atoms with Gasteiger partial charge in [0, 0.05) is 5.57 Å². The Kier molecular flexibility index (Phi) is 5.39. The third-order valence-electron chi connectivity index (χ3n) is 3.51. The molecule has 2 aromatic rings. The summed E-state index contributed by atoms with van der Waals surface area (Å²) in [7, 11) is 1.63. The molecule has 2 heteroatoms. The first kappa shape index (κ1) is 15.1. The number of benzene rings is 2. The number of ether oxygens (including phenoxy) is 1. The Morgan fingerprint density at radius 1 is 1.14 bits per heavy atom. The minimum Gasteiger partial charge on any atom is -0.497 e. The van der Waals surface area contributed by atoms with Crippen molar-refractivity contribution in [1.29, 1.82) is 0 Å². The number of aryl methyl sites for hydroxylation is 1.